The molecule has 206 valence electrons. The predicted molar refractivity (Wildman–Crippen MR) is 143 cm³/mol. The van der Waals surface area contributed by atoms with Crippen molar-refractivity contribution in [3.8, 4) is 0 Å². The molecule has 5 heteroatoms. The Hall–Kier alpha value is -1.65. The number of Topliss-reactive ketones (excluding diaryl/α,β-unsaturated/α-hetero) is 1. The normalized spacial score (nSPS) is 48.2. The SMILES string of the molecule is C=C(COC(C)=O)[C@@H]1CC[C@]2(C(=O)O)CC[C@]3(C)C(CCC4[C@@]5(C)CCC(=O)C(C)(C)C5CC[C@]43C)C12. The number of carbonyl (C=O) groups excluding carboxylic acids is 2. The fourth-order valence-electron chi connectivity index (χ4n) is 11.5. The summed E-state index contributed by atoms with van der Waals surface area (Å²) in [6, 6.07) is 0. The van der Waals surface area contributed by atoms with Crippen LogP contribution in [0.5, 0.6) is 0 Å². The second-order valence-corrected chi connectivity index (χ2v) is 14.9. The Morgan fingerprint density at radius 1 is 0.919 bits per heavy atom. The van der Waals surface area contributed by atoms with Crippen LogP contribution in [0.15, 0.2) is 12.2 Å². The van der Waals surface area contributed by atoms with E-state index in [0.717, 1.165) is 56.9 Å². The van der Waals surface area contributed by atoms with Gasteiger partial charge in [-0.2, -0.15) is 0 Å². The molecule has 37 heavy (non-hydrogen) atoms. The topological polar surface area (TPSA) is 80.7 Å². The van der Waals surface area contributed by atoms with Crippen LogP contribution in [0.25, 0.3) is 0 Å². The molecule has 5 fully saturated rings. The van der Waals surface area contributed by atoms with Crippen molar-refractivity contribution in [2.45, 2.75) is 106 Å². The molecule has 0 amide bonds. The van der Waals surface area contributed by atoms with Gasteiger partial charge in [0, 0.05) is 18.8 Å². The molecule has 5 saturated carbocycles. The van der Waals surface area contributed by atoms with Gasteiger partial charge >= 0.3 is 11.9 Å². The third-order valence-corrected chi connectivity index (χ3v) is 13.6. The van der Waals surface area contributed by atoms with Crippen LogP contribution in [0.3, 0.4) is 0 Å². The van der Waals surface area contributed by atoms with Crippen molar-refractivity contribution < 1.29 is 24.2 Å². The first-order valence-corrected chi connectivity index (χ1v) is 14.7. The molecule has 0 spiro atoms. The number of ketones is 1. The summed E-state index contributed by atoms with van der Waals surface area (Å²) in [5.41, 5.74) is 0.242. The summed E-state index contributed by atoms with van der Waals surface area (Å²) in [6.45, 7) is 17.8. The van der Waals surface area contributed by atoms with Crippen LogP contribution in [-0.2, 0) is 19.1 Å². The number of fused-ring (bicyclic) bond motifs is 7. The number of esters is 1. The molecular weight excluding hydrogens is 464 g/mol. The van der Waals surface area contributed by atoms with Crippen molar-refractivity contribution >= 4 is 17.7 Å². The lowest BCUT2D eigenvalue weighted by atomic mass is 9.32. The molecule has 9 atom stereocenters. The Morgan fingerprint density at radius 2 is 1.62 bits per heavy atom. The van der Waals surface area contributed by atoms with E-state index in [4.69, 9.17) is 4.74 Å². The molecule has 0 saturated heterocycles. The largest absolute Gasteiger partial charge is 0.481 e. The van der Waals surface area contributed by atoms with Gasteiger partial charge in [0.2, 0.25) is 0 Å². The van der Waals surface area contributed by atoms with Crippen LogP contribution in [0, 0.1) is 56.7 Å². The first-order valence-electron chi connectivity index (χ1n) is 14.7. The number of aliphatic carboxylic acids is 1. The summed E-state index contributed by atoms with van der Waals surface area (Å²) in [5.74, 6) is 0.887. The molecule has 0 radical (unpaired) electrons. The molecule has 0 aromatic heterocycles. The van der Waals surface area contributed by atoms with Crippen molar-refractivity contribution in [2.75, 3.05) is 6.61 Å². The van der Waals surface area contributed by atoms with Crippen molar-refractivity contribution in [2.24, 2.45) is 56.7 Å². The van der Waals surface area contributed by atoms with Gasteiger partial charge in [-0.05, 0) is 109 Å². The summed E-state index contributed by atoms with van der Waals surface area (Å²) in [5, 5.41) is 10.6. The van der Waals surface area contributed by atoms with E-state index in [2.05, 4.69) is 41.2 Å². The highest BCUT2D eigenvalue weighted by Gasteiger charge is 2.72. The van der Waals surface area contributed by atoms with Gasteiger partial charge in [0.25, 0.3) is 0 Å². The first kappa shape index (κ1) is 26.9. The molecule has 0 bridgehead atoms. The lowest BCUT2D eigenvalue weighted by Crippen LogP contribution is -2.66. The monoisotopic (exact) mass is 512 g/mol. The molecule has 5 rings (SSSR count). The fourth-order valence-corrected chi connectivity index (χ4v) is 11.5. The third-order valence-electron chi connectivity index (χ3n) is 13.6. The van der Waals surface area contributed by atoms with Gasteiger partial charge in [0.1, 0.15) is 12.4 Å². The predicted octanol–water partition coefficient (Wildman–Crippen LogP) is 6.84. The zero-order valence-corrected chi connectivity index (χ0v) is 24.0. The summed E-state index contributed by atoms with van der Waals surface area (Å²) in [7, 11) is 0. The lowest BCUT2D eigenvalue weighted by molar-refractivity contribution is -0.235. The van der Waals surface area contributed by atoms with Crippen LogP contribution in [-0.4, -0.2) is 29.4 Å². The minimum Gasteiger partial charge on any atom is -0.481 e. The maximum Gasteiger partial charge on any atom is 0.309 e. The Morgan fingerprint density at radius 3 is 2.27 bits per heavy atom. The zero-order chi connectivity index (χ0) is 27.2. The van der Waals surface area contributed by atoms with Crippen molar-refractivity contribution in [1.82, 2.24) is 0 Å². The van der Waals surface area contributed by atoms with E-state index in [0.29, 0.717) is 36.4 Å². The lowest BCUT2D eigenvalue weighted by Gasteiger charge is -2.72. The highest BCUT2D eigenvalue weighted by Crippen LogP contribution is 2.77. The second-order valence-electron chi connectivity index (χ2n) is 14.9. The Labute approximate surface area is 223 Å². The second kappa shape index (κ2) is 8.42. The minimum absolute atomic E-state index is 0.0412. The smallest absolute Gasteiger partial charge is 0.309 e. The van der Waals surface area contributed by atoms with Gasteiger partial charge in [0.15, 0.2) is 0 Å². The zero-order valence-electron chi connectivity index (χ0n) is 24.0. The maximum atomic E-state index is 13.0. The van der Waals surface area contributed by atoms with Crippen LogP contribution in [0.4, 0.5) is 0 Å². The van der Waals surface area contributed by atoms with Gasteiger partial charge in [0.05, 0.1) is 5.41 Å². The maximum absolute atomic E-state index is 13.0. The molecular formula is C32H48O5. The highest BCUT2D eigenvalue weighted by atomic mass is 16.5. The van der Waals surface area contributed by atoms with Crippen molar-refractivity contribution in [1.29, 1.82) is 0 Å². The van der Waals surface area contributed by atoms with Crippen LogP contribution >= 0.6 is 0 Å². The molecule has 0 heterocycles. The average Bonchev–Trinajstić information content (AvgIpc) is 3.22. The van der Waals surface area contributed by atoms with E-state index in [1.165, 1.54) is 6.92 Å². The number of hydrogen-bond acceptors (Lipinski definition) is 4. The number of carboxylic acid groups (broad SMARTS) is 1. The van der Waals surface area contributed by atoms with E-state index in [1.807, 2.05) is 0 Å². The van der Waals surface area contributed by atoms with E-state index in [-0.39, 0.29) is 46.1 Å². The fraction of sp³-hybridized carbons (Fsp3) is 0.844. The minimum atomic E-state index is -0.697. The van der Waals surface area contributed by atoms with Gasteiger partial charge in [-0.1, -0.05) is 41.2 Å². The molecule has 1 N–H and O–H groups in total. The van der Waals surface area contributed by atoms with Gasteiger partial charge in [-0.15, -0.1) is 0 Å². The average molecular weight is 513 g/mol. The number of carbonyl (C=O) groups is 3. The van der Waals surface area contributed by atoms with Crippen LogP contribution in [0.1, 0.15) is 106 Å². The first-order chi connectivity index (χ1) is 17.1. The molecule has 5 aliphatic carbocycles. The summed E-state index contributed by atoms with van der Waals surface area (Å²) >= 11 is 0. The van der Waals surface area contributed by atoms with Crippen LogP contribution < -0.4 is 0 Å². The van der Waals surface area contributed by atoms with E-state index < -0.39 is 11.4 Å². The van der Waals surface area contributed by atoms with Crippen molar-refractivity contribution in [3.63, 3.8) is 0 Å². The van der Waals surface area contributed by atoms with E-state index >= 15 is 0 Å². The molecule has 0 aromatic carbocycles. The van der Waals surface area contributed by atoms with Gasteiger partial charge in [-0.3, -0.25) is 14.4 Å². The summed E-state index contributed by atoms with van der Waals surface area (Å²) in [6.07, 6.45) is 9.24. The van der Waals surface area contributed by atoms with Gasteiger partial charge < -0.3 is 9.84 Å². The highest BCUT2D eigenvalue weighted by molar-refractivity contribution is 5.85. The molecule has 5 nitrogen and oxygen atoms in total. The van der Waals surface area contributed by atoms with Gasteiger partial charge in [-0.25, -0.2) is 0 Å². The number of carboxylic acids is 1. The molecule has 5 aliphatic rings. The number of ether oxygens (including phenoxy) is 1. The Kier molecular flexibility index (Phi) is 6.13. The van der Waals surface area contributed by atoms with E-state index in [9.17, 15) is 19.5 Å². The quantitative estimate of drug-likeness (QED) is 0.329. The Bertz CT molecular complexity index is 1030. The standard InChI is InChI=1S/C32H48O5/c1-19(18-37-20(2)33)21-10-15-32(27(35)36)17-16-30(6)22(26(21)32)8-9-24-29(5)13-12-25(34)28(3,4)23(29)11-14-31(24,30)7/h21-24,26H,1,8-18H2,2-7H3,(H,35,36)/t21-,22?,23?,24?,26?,29-,30+,31+,32-/m0/s1. The molecule has 0 aromatic rings. The van der Waals surface area contributed by atoms with Crippen molar-refractivity contribution in [3.05, 3.63) is 12.2 Å². The molecule has 0 aliphatic heterocycles. The van der Waals surface area contributed by atoms with Crippen LogP contribution in [0.2, 0.25) is 0 Å². The summed E-state index contributed by atoms with van der Waals surface area (Å²) in [4.78, 5) is 37.4. The summed E-state index contributed by atoms with van der Waals surface area (Å²) < 4.78 is 5.34. The number of rotatable bonds is 4. The molecule has 4 unspecified atom stereocenters. The third kappa shape index (κ3) is 3.43. The number of hydrogen-bond donors (Lipinski definition) is 1. The Balaban J connectivity index is 1.53. The van der Waals surface area contributed by atoms with E-state index in [1.54, 1.807) is 0 Å².